The fraction of sp³-hybridized carbons (Fsp3) is 0.579. The van der Waals surface area contributed by atoms with Gasteiger partial charge in [-0.1, -0.05) is 58.0 Å². The number of nitrogens with one attached hydrogen (secondary N) is 2. The minimum atomic E-state index is -0.597. The van der Waals surface area contributed by atoms with Crippen molar-refractivity contribution < 1.29 is 9.59 Å². The Bertz CT molecular complexity index is 529. The summed E-state index contributed by atoms with van der Waals surface area (Å²) in [6.45, 7) is 10.2. The number of amides is 2. The summed E-state index contributed by atoms with van der Waals surface area (Å²) in [4.78, 5) is 26.2. The molecule has 1 aromatic carbocycles. The number of carbonyl (C=O) groups excluding carboxylic acids is 2. The number of nitrogens with two attached hydrogens (primary N) is 1. The first-order valence-electron chi connectivity index (χ1n) is 8.99. The van der Waals surface area contributed by atoms with E-state index < -0.39 is 6.04 Å². The van der Waals surface area contributed by atoms with Crippen molar-refractivity contribution in [2.45, 2.75) is 39.8 Å². The van der Waals surface area contributed by atoms with Gasteiger partial charge in [0.05, 0.1) is 18.6 Å². The number of hydrogen-bond acceptors (Lipinski definition) is 4. The average molecular weight is 348 g/mol. The van der Waals surface area contributed by atoms with Gasteiger partial charge in [0, 0.05) is 6.54 Å². The lowest BCUT2D eigenvalue weighted by molar-refractivity contribution is -0.127. The van der Waals surface area contributed by atoms with Crippen molar-refractivity contribution in [1.82, 2.24) is 15.5 Å². The maximum atomic E-state index is 12.1. The van der Waals surface area contributed by atoms with Crippen LogP contribution in [-0.4, -0.2) is 48.9 Å². The van der Waals surface area contributed by atoms with Crippen LogP contribution in [-0.2, 0) is 9.59 Å². The van der Waals surface area contributed by atoms with E-state index in [4.69, 9.17) is 5.73 Å². The van der Waals surface area contributed by atoms with Crippen LogP contribution in [0.15, 0.2) is 30.3 Å². The normalized spacial score (nSPS) is 13.6. The second-order valence-corrected chi connectivity index (χ2v) is 6.44. The van der Waals surface area contributed by atoms with Crippen LogP contribution in [0.3, 0.4) is 0 Å². The van der Waals surface area contributed by atoms with Gasteiger partial charge < -0.3 is 16.4 Å². The third kappa shape index (κ3) is 6.84. The van der Waals surface area contributed by atoms with Gasteiger partial charge in [0.25, 0.3) is 0 Å². The molecule has 0 fully saturated rings. The standard InChI is InChI=1S/C19H32N4O2/c1-5-23(6-2)16(15-10-8-7-9-11-15)12-21-17(24)13-22-19(25)18(20)14(3)4/h7-11,14,16,18H,5-6,12-13,20H2,1-4H3,(H,21,24)(H,22,25)/t16?,18-/m0/s1. The minimum Gasteiger partial charge on any atom is -0.353 e. The van der Waals surface area contributed by atoms with Crippen molar-refractivity contribution in [2.24, 2.45) is 11.7 Å². The zero-order valence-electron chi connectivity index (χ0n) is 15.8. The molecule has 0 heterocycles. The van der Waals surface area contributed by atoms with Crippen LogP contribution in [0.2, 0.25) is 0 Å². The van der Waals surface area contributed by atoms with Crippen LogP contribution < -0.4 is 16.4 Å². The molecule has 0 aliphatic carbocycles. The minimum absolute atomic E-state index is 0.0354. The molecule has 1 rings (SSSR count). The molecule has 1 unspecified atom stereocenters. The fourth-order valence-corrected chi connectivity index (χ4v) is 2.66. The number of benzene rings is 1. The maximum absolute atomic E-state index is 12.1. The molecule has 25 heavy (non-hydrogen) atoms. The summed E-state index contributed by atoms with van der Waals surface area (Å²) >= 11 is 0. The Morgan fingerprint density at radius 2 is 1.68 bits per heavy atom. The number of hydrogen-bond donors (Lipinski definition) is 3. The Hall–Kier alpha value is -1.92. The first-order chi connectivity index (χ1) is 11.9. The first-order valence-corrected chi connectivity index (χ1v) is 8.99. The third-order valence-electron chi connectivity index (χ3n) is 4.37. The summed E-state index contributed by atoms with van der Waals surface area (Å²) in [5.74, 6) is -0.473. The van der Waals surface area contributed by atoms with Gasteiger partial charge in [-0.05, 0) is 24.6 Å². The predicted octanol–water partition coefficient (Wildman–Crippen LogP) is 1.29. The fourth-order valence-electron chi connectivity index (χ4n) is 2.66. The molecule has 1 aromatic rings. The maximum Gasteiger partial charge on any atom is 0.239 e. The first kappa shape index (κ1) is 21.1. The van der Waals surface area contributed by atoms with Crippen molar-refractivity contribution in [3.63, 3.8) is 0 Å². The number of likely N-dealkylation sites (N-methyl/N-ethyl adjacent to an activating group) is 1. The highest BCUT2D eigenvalue weighted by molar-refractivity contribution is 5.87. The quantitative estimate of drug-likeness (QED) is 0.594. The summed E-state index contributed by atoms with van der Waals surface area (Å²) in [6, 6.07) is 9.63. The Morgan fingerprint density at radius 3 is 2.20 bits per heavy atom. The van der Waals surface area contributed by atoms with Gasteiger partial charge in [-0.15, -0.1) is 0 Å². The number of rotatable bonds is 10. The summed E-state index contributed by atoms with van der Waals surface area (Å²) in [6.07, 6.45) is 0. The molecular formula is C19H32N4O2. The van der Waals surface area contributed by atoms with E-state index in [-0.39, 0.29) is 30.3 Å². The number of carbonyl (C=O) groups is 2. The van der Waals surface area contributed by atoms with Crippen LogP contribution in [0, 0.1) is 5.92 Å². The second-order valence-electron chi connectivity index (χ2n) is 6.44. The van der Waals surface area contributed by atoms with Crippen LogP contribution in [0.25, 0.3) is 0 Å². The predicted molar refractivity (Wildman–Crippen MR) is 101 cm³/mol. The van der Waals surface area contributed by atoms with E-state index in [0.717, 1.165) is 18.7 Å². The van der Waals surface area contributed by atoms with E-state index >= 15 is 0 Å². The van der Waals surface area contributed by atoms with Crippen molar-refractivity contribution in [2.75, 3.05) is 26.2 Å². The zero-order chi connectivity index (χ0) is 18.8. The lowest BCUT2D eigenvalue weighted by atomic mass is 10.0. The summed E-state index contributed by atoms with van der Waals surface area (Å²) in [5, 5.41) is 5.51. The molecule has 6 heteroatoms. The van der Waals surface area contributed by atoms with Gasteiger partial charge in [0.2, 0.25) is 11.8 Å². The molecule has 0 aromatic heterocycles. The lowest BCUT2D eigenvalue weighted by Crippen LogP contribution is -2.48. The Morgan fingerprint density at radius 1 is 1.08 bits per heavy atom. The molecular weight excluding hydrogens is 316 g/mol. The second kappa shape index (κ2) is 10.8. The van der Waals surface area contributed by atoms with Gasteiger partial charge in [0.15, 0.2) is 0 Å². The molecule has 0 saturated carbocycles. The van der Waals surface area contributed by atoms with Crippen LogP contribution in [0.1, 0.15) is 39.3 Å². The van der Waals surface area contributed by atoms with E-state index in [1.54, 1.807) is 0 Å². The smallest absolute Gasteiger partial charge is 0.239 e. The molecule has 0 bridgehead atoms. The van der Waals surface area contributed by atoms with Crippen molar-refractivity contribution in [1.29, 1.82) is 0 Å². The zero-order valence-corrected chi connectivity index (χ0v) is 15.8. The molecule has 140 valence electrons. The molecule has 0 aliphatic heterocycles. The van der Waals surface area contributed by atoms with Crippen LogP contribution in [0.5, 0.6) is 0 Å². The van der Waals surface area contributed by atoms with E-state index in [1.807, 2.05) is 32.0 Å². The largest absolute Gasteiger partial charge is 0.353 e. The Kier molecular flexibility index (Phi) is 9.16. The van der Waals surface area contributed by atoms with Gasteiger partial charge in [0.1, 0.15) is 0 Å². The summed E-state index contributed by atoms with van der Waals surface area (Å²) in [7, 11) is 0. The summed E-state index contributed by atoms with van der Waals surface area (Å²) in [5.41, 5.74) is 6.93. The van der Waals surface area contributed by atoms with Crippen molar-refractivity contribution in [3.05, 3.63) is 35.9 Å². The van der Waals surface area contributed by atoms with E-state index in [1.165, 1.54) is 0 Å². The highest BCUT2D eigenvalue weighted by Gasteiger charge is 2.20. The molecule has 2 amide bonds. The molecule has 0 aliphatic rings. The summed E-state index contributed by atoms with van der Waals surface area (Å²) < 4.78 is 0. The molecule has 2 atom stereocenters. The molecule has 4 N–H and O–H groups in total. The highest BCUT2D eigenvalue weighted by Crippen LogP contribution is 2.19. The molecule has 0 radical (unpaired) electrons. The van der Waals surface area contributed by atoms with Gasteiger partial charge >= 0.3 is 0 Å². The molecule has 6 nitrogen and oxygen atoms in total. The monoisotopic (exact) mass is 348 g/mol. The van der Waals surface area contributed by atoms with Crippen molar-refractivity contribution in [3.8, 4) is 0 Å². The molecule has 0 saturated heterocycles. The van der Waals surface area contributed by atoms with Gasteiger partial charge in [-0.3, -0.25) is 14.5 Å². The van der Waals surface area contributed by atoms with Gasteiger partial charge in [-0.2, -0.15) is 0 Å². The van der Waals surface area contributed by atoms with E-state index in [9.17, 15) is 9.59 Å². The Labute approximate surface area is 151 Å². The van der Waals surface area contributed by atoms with Crippen LogP contribution >= 0.6 is 0 Å². The van der Waals surface area contributed by atoms with Crippen molar-refractivity contribution >= 4 is 11.8 Å². The SMILES string of the molecule is CCN(CC)C(CNC(=O)CNC(=O)[C@@H](N)C(C)C)c1ccccc1. The Balaban J connectivity index is 2.59. The van der Waals surface area contributed by atoms with E-state index in [2.05, 4.69) is 41.5 Å². The lowest BCUT2D eigenvalue weighted by Gasteiger charge is -2.30. The third-order valence-corrected chi connectivity index (χ3v) is 4.37. The van der Waals surface area contributed by atoms with E-state index in [0.29, 0.717) is 6.54 Å². The number of nitrogens with zero attached hydrogens (tertiary/aromatic N) is 1. The topological polar surface area (TPSA) is 87.5 Å². The van der Waals surface area contributed by atoms with Crippen LogP contribution in [0.4, 0.5) is 0 Å². The average Bonchev–Trinajstić information content (AvgIpc) is 2.63. The molecule has 0 spiro atoms. The highest BCUT2D eigenvalue weighted by atomic mass is 16.2. The van der Waals surface area contributed by atoms with Gasteiger partial charge in [-0.25, -0.2) is 0 Å².